The highest BCUT2D eigenvalue weighted by Crippen LogP contribution is 2.59. The minimum atomic E-state index is -0.521. The number of fused-ring (bicyclic) bond motifs is 3. The van der Waals surface area contributed by atoms with E-state index in [4.69, 9.17) is 15.0 Å². The fraction of sp³-hybridized carbons (Fsp3) is 0.0192. The van der Waals surface area contributed by atoms with Crippen LogP contribution >= 0.6 is 0 Å². The second-order valence-corrected chi connectivity index (χ2v) is 13.9. The van der Waals surface area contributed by atoms with Crippen LogP contribution in [-0.4, -0.2) is 15.0 Å². The molecule has 1 aliphatic carbocycles. The van der Waals surface area contributed by atoms with Gasteiger partial charge in [-0.1, -0.05) is 206 Å². The summed E-state index contributed by atoms with van der Waals surface area (Å²) in [5, 5.41) is 0. The molecule has 0 bridgehead atoms. The Bertz CT molecular complexity index is 2700. The molecule has 0 N–H and O–H groups in total. The van der Waals surface area contributed by atoms with Crippen LogP contribution in [0.3, 0.4) is 0 Å². The van der Waals surface area contributed by atoms with Crippen LogP contribution in [0, 0.1) is 0 Å². The minimum Gasteiger partial charge on any atom is -0.208 e. The summed E-state index contributed by atoms with van der Waals surface area (Å²) >= 11 is 0. The van der Waals surface area contributed by atoms with Crippen molar-refractivity contribution >= 4 is 0 Å². The standard InChI is InChI=1S/C52H35N3/c1-5-19-36(20-6-1)49-53-50(37-21-7-2-8-22-37)55-51(54-49)39-24-17-23-38(35-39)42-29-13-14-30-43(42)45-32-18-33-46-44-31-15-16-34-47(44)52(48(45)46,40-25-9-3-10-26-40)41-27-11-4-12-28-41/h1-35H. The van der Waals surface area contributed by atoms with Crippen LogP contribution in [0.5, 0.6) is 0 Å². The lowest BCUT2D eigenvalue weighted by atomic mass is 9.66. The predicted molar refractivity (Wildman–Crippen MR) is 224 cm³/mol. The second kappa shape index (κ2) is 13.6. The first-order valence-electron chi connectivity index (χ1n) is 18.7. The van der Waals surface area contributed by atoms with Gasteiger partial charge in [-0.2, -0.15) is 0 Å². The molecule has 55 heavy (non-hydrogen) atoms. The van der Waals surface area contributed by atoms with Crippen LogP contribution in [0.15, 0.2) is 212 Å². The van der Waals surface area contributed by atoms with Crippen molar-refractivity contribution in [1.29, 1.82) is 0 Å². The van der Waals surface area contributed by atoms with Crippen LogP contribution in [0.2, 0.25) is 0 Å². The molecule has 0 spiro atoms. The molecule has 0 aliphatic heterocycles. The first kappa shape index (κ1) is 32.4. The molecule has 8 aromatic carbocycles. The summed E-state index contributed by atoms with van der Waals surface area (Å²) in [6.07, 6.45) is 0. The van der Waals surface area contributed by atoms with Crippen molar-refractivity contribution in [1.82, 2.24) is 15.0 Å². The van der Waals surface area contributed by atoms with Crippen LogP contribution in [0.25, 0.3) is 67.5 Å². The molecule has 0 unspecified atom stereocenters. The van der Waals surface area contributed by atoms with E-state index in [1.54, 1.807) is 0 Å². The van der Waals surface area contributed by atoms with Gasteiger partial charge in [0.1, 0.15) is 0 Å². The third-order valence-electron chi connectivity index (χ3n) is 10.8. The number of rotatable bonds is 7. The van der Waals surface area contributed by atoms with Gasteiger partial charge in [-0.15, -0.1) is 0 Å². The molecule has 0 saturated heterocycles. The Morgan fingerprint density at radius 2 is 0.655 bits per heavy atom. The van der Waals surface area contributed by atoms with Crippen molar-refractivity contribution < 1.29 is 0 Å². The van der Waals surface area contributed by atoms with Crippen LogP contribution in [0.1, 0.15) is 22.3 Å². The monoisotopic (exact) mass is 701 g/mol. The molecule has 0 amide bonds. The van der Waals surface area contributed by atoms with E-state index in [9.17, 15) is 0 Å². The topological polar surface area (TPSA) is 38.7 Å². The molecular weight excluding hydrogens is 667 g/mol. The molecule has 258 valence electrons. The Balaban J connectivity index is 1.18. The summed E-state index contributed by atoms with van der Waals surface area (Å²) in [7, 11) is 0. The van der Waals surface area contributed by atoms with E-state index >= 15 is 0 Å². The van der Waals surface area contributed by atoms with Gasteiger partial charge < -0.3 is 0 Å². The lowest BCUT2D eigenvalue weighted by Gasteiger charge is -2.35. The Morgan fingerprint density at radius 1 is 0.273 bits per heavy atom. The molecule has 0 radical (unpaired) electrons. The van der Waals surface area contributed by atoms with Crippen LogP contribution in [-0.2, 0) is 5.41 Å². The molecule has 9 aromatic rings. The predicted octanol–water partition coefficient (Wildman–Crippen LogP) is 12.6. The average molecular weight is 702 g/mol. The smallest absolute Gasteiger partial charge is 0.164 e. The van der Waals surface area contributed by atoms with Crippen molar-refractivity contribution in [2.75, 3.05) is 0 Å². The summed E-state index contributed by atoms with van der Waals surface area (Å²) in [6.45, 7) is 0. The van der Waals surface area contributed by atoms with Crippen molar-refractivity contribution in [2.24, 2.45) is 0 Å². The van der Waals surface area contributed by atoms with Gasteiger partial charge in [0.05, 0.1) is 5.41 Å². The van der Waals surface area contributed by atoms with E-state index in [0.717, 1.165) is 27.8 Å². The van der Waals surface area contributed by atoms with E-state index < -0.39 is 5.41 Å². The van der Waals surface area contributed by atoms with Crippen LogP contribution < -0.4 is 0 Å². The number of hydrogen-bond donors (Lipinski definition) is 0. The number of benzene rings is 8. The third kappa shape index (κ3) is 5.48. The van der Waals surface area contributed by atoms with Crippen molar-refractivity contribution in [2.45, 2.75) is 5.41 Å². The molecule has 3 nitrogen and oxygen atoms in total. The lowest BCUT2D eigenvalue weighted by Crippen LogP contribution is -2.29. The first-order chi connectivity index (χ1) is 27.3. The average Bonchev–Trinajstić information content (AvgIpc) is 3.59. The maximum atomic E-state index is 5.05. The highest BCUT2D eigenvalue weighted by molar-refractivity contribution is 5.96. The van der Waals surface area contributed by atoms with Gasteiger partial charge in [-0.25, -0.2) is 15.0 Å². The lowest BCUT2D eigenvalue weighted by molar-refractivity contribution is 0.770. The van der Waals surface area contributed by atoms with Crippen molar-refractivity contribution in [3.63, 3.8) is 0 Å². The van der Waals surface area contributed by atoms with E-state index in [1.807, 2.05) is 60.7 Å². The van der Waals surface area contributed by atoms with E-state index in [-0.39, 0.29) is 0 Å². The van der Waals surface area contributed by atoms with Gasteiger partial charge in [0.2, 0.25) is 0 Å². The number of hydrogen-bond acceptors (Lipinski definition) is 3. The van der Waals surface area contributed by atoms with Gasteiger partial charge in [0, 0.05) is 16.7 Å². The summed E-state index contributed by atoms with van der Waals surface area (Å²) < 4.78 is 0. The highest BCUT2D eigenvalue weighted by Gasteiger charge is 2.47. The normalized spacial score (nSPS) is 12.5. The summed E-state index contributed by atoms with van der Waals surface area (Å²) in [5.74, 6) is 1.93. The largest absolute Gasteiger partial charge is 0.208 e. The first-order valence-corrected chi connectivity index (χ1v) is 18.7. The molecule has 1 aromatic heterocycles. The molecule has 0 fully saturated rings. The second-order valence-electron chi connectivity index (χ2n) is 13.9. The van der Waals surface area contributed by atoms with Gasteiger partial charge in [-0.3, -0.25) is 0 Å². The highest BCUT2D eigenvalue weighted by atomic mass is 15.0. The summed E-state index contributed by atoms with van der Waals surface area (Å²) in [6, 6.07) is 75.4. The fourth-order valence-corrected chi connectivity index (χ4v) is 8.46. The fourth-order valence-electron chi connectivity index (χ4n) is 8.46. The van der Waals surface area contributed by atoms with Crippen molar-refractivity contribution in [3.05, 3.63) is 235 Å². The quantitative estimate of drug-likeness (QED) is 0.166. The molecule has 1 heterocycles. The zero-order chi connectivity index (χ0) is 36.6. The van der Waals surface area contributed by atoms with E-state index in [1.165, 1.54) is 44.5 Å². The zero-order valence-electron chi connectivity index (χ0n) is 30.0. The Hall–Kier alpha value is -7.23. The van der Waals surface area contributed by atoms with E-state index in [0.29, 0.717) is 17.5 Å². The summed E-state index contributed by atoms with van der Waals surface area (Å²) in [5.41, 5.74) is 14.5. The van der Waals surface area contributed by atoms with Crippen molar-refractivity contribution in [3.8, 4) is 67.5 Å². The van der Waals surface area contributed by atoms with Gasteiger partial charge in [0.15, 0.2) is 17.5 Å². The zero-order valence-corrected chi connectivity index (χ0v) is 30.0. The molecule has 10 rings (SSSR count). The van der Waals surface area contributed by atoms with E-state index in [2.05, 4.69) is 152 Å². The molecular formula is C52H35N3. The Morgan fingerprint density at radius 3 is 1.24 bits per heavy atom. The summed E-state index contributed by atoms with van der Waals surface area (Å²) in [4.78, 5) is 15.0. The van der Waals surface area contributed by atoms with Gasteiger partial charge in [-0.05, 0) is 61.7 Å². The number of nitrogens with zero attached hydrogens (tertiary/aromatic N) is 3. The SMILES string of the molecule is c1ccc(-c2nc(-c3ccccc3)nc(-c3cccc(-c4ccccc4-c4cccc5c4C(c4ccccc4)(c4ccccc4)c4ccccc4-5)c3)n2)cc1. The molecule has 0 atom stereocenters. The molecule has 0 saturated carbocycles. The molecule has 1 aliphatic rings. The molecule has 3 heteroatoms. The third-order valence-corrected chi connectivity index (χ3v) is 10.8. The maximum Gasteiger partial charge on any atom is 0.164 e. The van der Waals surface area contributed by atoms with Gasteiger partial charge in [0.25, 0.3) is 0 Å². The Kier molecular flexibility index (Phi) is 8.04. The number of aromatic nitrogens is 3. The maximum absolute atomic E-state index is 5.05. The van der Waals surface area contributed by atoms with Crippen LogP contribution in [0.4, 0.5) is 0 Å². The Labute approximate surface area is 321 Å². The van der Waals surface area contributed by atoms with Gasteiger partial charge >= 0.3 is 0 Å². The minimum absolute atomic E-state index is 0.521.